The SMILES string of the molecule is CC(C)(C)OC(=O)N1CCC(N2CCC(C(=O)N[C@H]3CC[C@H](Nc4ncc(Cl)c(-c5cccc(-c6ccc(F)cc6)c5)n4)CC3)CC2)CC1. The van der Waals surface area contributed by atoms with Crippen molar-refractivity contribution in [1.29, 1.82) is 0 Å². The van der Waals surface area contributed by atoms with E-state index in [1.54, 1.807) is 18.3 Å². The van der Waals surface area contributed by atoms with Crippen LogP contribution in [0.15, 0.2) is 54.7 Å². The minimum absolute atomic E-state index is 0.0522. The topological polar surface area (TPSA) is 99.7 Å². The smallest absolute Gasteiger partial charge is 0.410 e. The largest absolute Gasteiger partial charge is 0.444 e. The van der Waals surface area contributed by atoms with Crippen LogP contribution < -0.4 is 10.6 Å². The van der Waals surface area contributed by atoms with Gasteiger partial charge in [0.1, 0.15) is 11.4 Å². The second-order valence-corrected chi connectivity index (χ2v) is 15.1. The molecule has 0 spiro atoms. The van der Waals surface area contributed by atoms with Gasteiger partial charge in [-0.05, 0) is 115 Å². The number of likely N-dealkylation sites (tertiary alicyclic amines) is 2. The monoisotopic (exact) mass is 690 g/mol. The number of carbonyl (C=O) groups excluding carboxylic acids is 2. The second kappa shape index (κ2) is 15.4. The number of nitrogens with one attached hydrogen (secondary N) is 2. The van der Waals surface area contributed by atoms with Gasteiger partial charge in [-0.25, -0.2) is 19.2 Å². The number of hydrogen-bond acceptors (Lipinski definition) is 7. The summed E-state index contributed by atoms with van der Waals surface area (Å²) in [5, 5.41) is 7.31. The first kappa shape index (κ1) is 35.1. The van der Waals surface area contributed by atoms with E-state index in [1.807, 2.05) is 49.9 Å². The molecule has 2 aliphatic heterocycles. The Bertz CT molecular complexity index is 1590. The number of hydrogen-bond donors (Lipinski definition) is 2. The zero-order valence-corrected chi connectivity index (χ0v) is 29.5. The maximum Gasteiger partial charge on any atom is 0.410 e. The normalized spacial score (nSPS) is 21.3. The first-order valence-electron chi connectivity index (χ1n) is 17.7. The number of nitrogens with zero attached hydrogens (tertiary/aromatic N) is 4. The Balaban J connectivity index is 0.937. The summed E-state index contributed by atoms with van der Waals surface area (Å²) < 4.78 is 19.0. The lowest BCUT2D eigenvalue weighted by atomic mass is 9.89. The molecule has 262 valence electrons. The summed E-state index contributed by atoms with van der Waals surface area (Å²) in [5.41, 5.74) is 2.88. The fourth-order valence-corrected chi connectivity index (χ4v) is 7.48. The summed E-state index contributed by atoms with van der Waals surface area (Å²) in [6.07, 6.45) is 8.66. The summed E-state index contributed by atoms with van der Waals surface area (Å²) >= 11 is 6.54. The standard InChI is InChI=1S/C38H48ClFN6O3/c1-38(2,3)49-37(48)46-21-17-32(18-22-46)45-19-15-26(16-20-45)35(47)42-30-11-13-31(14-12-30)43-36-41-24-33(39)34(44-36)28-6-4-5-27(23-28)25-7-9-29(40)10-8-25/h4-10,23-24,26,30-32H,11-22H2,1-3H3,(H,42,47)(H,41,43,44)/t30-,31-. The first-order chi connectivity index (χ1) is 23.5. The van der Waals surface area contributed by atoms with Gasteiger partial charge in [0, 0.05) is 42.7 Å². The third kappa shape index (κ3) is 9.28. The molecule has 11 heteroatoms. The molecule has 1 saturated carbocycles. The van der Waals surface area contributed by atoms with Crippen molar-refractivity contribution in [2.24, 2.45) is 5.92 Å². The van der Waals surface area contributed by atoms with E-state index in [4.69, 9.17) is 21.3 Å². The number of rotatable bonds is 7. The average Bonchev–Trinajstić information content (AvgIpc) is 3.10. The minimum atomic E-state index is -0.479. The van der Waals surface area contributed by atoms with Gasteiger partial charge in [-0.1, -0.05) is 41.9 Å². The summed E-state index contributed by atoms with van der Waals surface area (Å²) in [6, 6.07) is 15.1. The van der Waals surface area contributed by atoms with Crippen LogP contribution in [-0.4, -0.2) is 81.7 Å². The predicted octanol–water partition coefficient (Wildman–Crippen LogP) is 7.55. The second-order valence-electron chi connectivity index (χ2n) is 14.7. The maximum atomic E-state index is 13.4. The third-order valence-electron chi connectivity index (χ3n) is 10.00. The predicted molar refractivity (Wildman–Crippen MR) is 191 cm³/mol. The van der Waals surface area contributed by atoms with Crippen molar-refractivity contribution in [3.8, 4) is 22.4 Å². The van der Waals surface area contributed by atoms with Crippen LogP contribution in [0.5, 0.6) is 0 Å². The molecule has 3 aliphatic rings. The highest BCUT2D eigenvalue weighted by atomic mass is 35.5. The molecule has 0 unspecified atom stereocenters. The highest BCUT2D eigenvalue weighted by Gasteiger charge is 2.34. The van der Waals surface area contributed by atoms with Crippen molar-refractivity contribution in [3.63, 3.8) is 0 Å². The van der Waals surface area contributed by atoms with Gasteiger partial charge in [-0.3, -0.25) is 4.79 Å². The van der Waals surface area contributed by atoms with E-state index >= 15 is 0 Å². The van der Waals surface area contributed by atoms with Gasteiger partial charge >= 0.3 is 6.09 Å². The van der Waals surface area contributed by atoms with Crippen molar-refractivity contribution in [2.45, 2.75) is 95.9 Å². The van der Waals surface area contributed by atoms with Crippen molar-refractivity contribution < 1.29 is 18.7 Å². The van der Waals surface area contributed by atoms with Crippen LogP contribution >= 0.6 is 11.6 Å². The van der Waals surface area contributed by atoms with Crippen molar-refractivity contribution in [2.75, 3.05) is 31.5 Å². The fraction of sp³-hybridized carbons (Fsp3) is 0.526. The molecule has 1 aromatic heterocycles. The molecule has 3 fully saturated rings. The lowest BCUT2D eigenvalue weighted by molar-refractivity contribution is -0.127. The summed E-state index contributed by atoms with van der Waals surface area (Å²) in [5.74, 6) is 0.496. The third-order valence-corrected chi connectivity index (χ3v) is 10.3. The van der Waals surface area contributed by atoms with E-state index < -0.39 is 5.60 Å². The molecule has 2 amide bonds. The van der Waals surface area contributed by atoms with Crippen LogP contribution in [0.3, 0.4) is 0 Å². The zero-order valence-electron chi connectivity index (χ0n) is 28.8. The average molecular weight is 691 g/mol. The number of piperidine rings is 2. The van der Waals surface area contributed by atoms with Gasteiger partial charge in [0.25, 0.3) is 0 Å². The van der Waals surface area contributed by atoms with Gasteiger partial charge in [-0.15, -0.1) is 0 Å². The maximum absolute atomic E-state index is 13.4. The zero-order chi connectivity index (χ0) is 34.5. The number of carbonyl (C=O) groups is 2. The van der Waals surface area contributed by atoms with Crippen molar-refractivity contribution in [3.05, 3.63) is 65.6 Å². The summed E-state index contributed by atoms with van der Waals surface area (Å²) in [6.45, 7) is 8.97. The van der Waals surface area contributed by atoms with Gasteiger partial charge in [0.2, 0.25) is 11.9 Å². The molecule has 1 aliphatic carbocycles. The number of ether oxygens (including phenoxy) is 1. The van der Waals surface area contributed by atoms with Gasteiger partial charge < -0.3 is 25.2 Å². The summed E-state index contributed by atoms with van der Waals surface area (Å²) in [4.78, 5) is 39.2. The van der Waals surface area contributed by atoms with Crippen LogP contribution in [0.2, 0.25) is 5.02 Å². The van der Waals surface area contributed by atoms with Crippen LogP contribution in [0, 0.1) is 11.7 Å². The van der Waals surface area contributed by atoms with Gasteiger partial charge in [0.15, 0.2) is 0 Å². The Morgan fingerprint density at radius 3 is 2.18 bits per heavy atom. The van der Waals surface area contributed by atoms with E-state index in [9.17, 15) is 14.0 Å². The van der Waals surface area contributed by atoms with E-state index in [2.05, 4.69) is 20.5 Å². The van der Waals surface area contributed by atoms with E-state index in [0.717, 1.165) is 94.2 Å². The van der Waals surface area contributed by atoms with Crippen LogP contribution in [0.25, 0.3) is 22.4 Å². The van der Waals surface area contributed by atoms with Gasteiger partial charge in [0.05, 0.1) is 16.9 Å². The molecule has 0 radical (unpaired) electrons. The number of anilines is 1. The van der Waals surface area contributed by atoms with Crippen LogP contribution in [-0.2, 0) is 9.53 Å². The lowest BCUT2D eigenvalue weighted by Gasteiger charge is -2.41. The molecule has 3 aromatic rings. The molecular formula is C38H48ClFN6O3. The molecule has 2 N–H and O–H groups in total. The molecule has 0 bridgehead atoms. The van der Waals surface area contributed by atoms with Gasteiger partial charge in [-0.2, -0.15) is 0 Å². The molecule has 6 rings (SSSR count). The molecule has 2 saturated heterocycles. The first-order valence-corrected chi connectivity index (χ1v) is 18.1. The summed E-state index contributed by atoms with van der Waals surface area (Å²) in [7, 11) is 0. The van der Waals surface area contributed by atoms with E-state index in [-0.39, 0.29) is 35.8 Å². The Morgan fingerprint density at radius 1 is 0.857 bits per heavy atom. The van der Waals surface area contributed by atoms with E-state index in [0.29, 0.717) is 22.7 Å². The number of aromatic nitrogens is 2. The Kier molecular flexibility index (Phi) is 11.0. The molecule has 3 heterocycles. The Morgan fingerprint density at radius 2 is 1.51 bits per heavy atom. The minimum Gasteiger partial charge on any atom is -0.444 e. The highest BCUT2D eigenvalue weighted by Crippen LogP contribution is 2.31. The number of halogens is 2. The molecule has 2 aromatic carbocycles. The molecular weight excluding hydrogens is 643 g/mol. The quantitative estimate of drug-likeness (QED) is 0.264. The number of benzene rings is 2. The number of amides is 2. The van der Waals surface area contributed by atoms with E-state index in [1.165, 1.54) is 12.1 Å². The molecule has 9 nitrogen and oxygen atoms in total. The lowest BCUT2D eigenvalue weighted by Crippen LogP contribution is -2.51. The van der Waals surface area contributed by atoms with Crippen LogP contribution in [0.1, 0.15) is 72.1 Å². The molecule has 0 atom stereocenters. The molecule has 49 heavy (non-hydrogen) atoms. The highest BCUT2D eigenvalue weighted by molar-refractivity contribution is 6.32. The van der Waals surface area contributed by atoms with Crippen LogP contribution in [0.4, 0.5) is 15.1 Å². The van der Waals surface area contributed by atoms with Crippen molar-refractivity contribution in [1.82, 2.24) is 25.1 Å². The Hall–Kier alpha value is -3.76. The van der Waals surface area contributed by atoms with Crippen molar-refractivity contribution >= 4 is 29.5 Å². The fourth-order valence-electron chi connectivity index (χ4n) is 7.28. The Labute approximate surface area is 294 Å².